The lowest BCUT2D eigenvalue weighted by molar-refractivity contribution is -0.125. The van der Waals surface area contributed by atoms with Crippen LogP contribution in [0.15, 0.2) is 48.9 Å². The Balaban J connectivity index is 1.15. The van der Waals surface area contributed by atoms with Gasteiger partial charge in [0, 0.05) is 51.7 Å². The lowest BCUT2D eigenvalue weighted by Gasteiger charge is -2.25. The van der Waals surface area contributed by atoms with Crippen molar-refractivity contribution in [1.82, 2.24) is 25.1 Å². The third-order valence-corrected chi connectivity index (χ3v) is 7.18. The summed E-state index contributed by atoms with van der Waals surface area (Å²) in [4.78, 5) is 38.0. The van der Waals surface area contributed by atoms with Crippen molar-refractivity contribution in [3.63, 3.8) is 0 Å². The molecule has 1 N–H and O–H groups in total. The number of carbonyl (C=O) groups excluding carboxylic acids is 2. The van der Waals surface area contributed by atoms with Gasteiger partial charge >= 0.3 is 0 Å². The summed E-state index contributed by atoms with van der Waals surface area (Å²) < 4.78 is 5.40. The molecule has 2 amide bonds. The molecule has 4 atom stereocenters. The number of ether oxygens (including phenoxy) is 1. The topological polar surface area (TPSA) is 87.7 Å². The van der Waals surface area contributed by atoms with Gasteiger partial charge in [0.2, 0.25) is 5.91 Å². The van der Waals surface area contributed by atoms with E-state index in [0.717, 1.165) is 51.1 Å². The van der Waals surface area contributed by atoms with Gasteiger partial charge in [-0.3, -0.25) is 14.6 Å². The van der Waals surface area contributed by atoms with Crippen LogP contribution in [-0.2, 0) is 9.53 Å². The van der Waals surface area contributed by atoms with E-state index in [9.17, 15) is 9.59 Å². The van der Waals surface area contributed by atoms with Crippen molar-refractivity contribution in [2.45, 2.75) is 18.9 Å². The lowest BCUT2D eigenvalue weighted by atomic mass is 10.0. The number of benzene rings is 1. The zero-order valence-corrected chi connectivity index (χ0v) is 18.8. The summed E-state index contributed by atoms with van der Waals surface area (Å²) in [6, 6.07) is 10.2. The highest BCUT2D eigenvalue weighted by molar-refractivity contribution is 5.92. The molecule has 3 aliphatic rings. The second-order valence-electron chi connectivity index (χ2n) is 9.40. The molecule has 0 bridgehead atoms. The molecule has 33 heavy (non-hydrogen) atoms. The van der Waals surface area contributed by atoms with Crippen LogP contribution in [0.25, 0.3) is 0 Å². The molecule has 8 heteroatoms. The summed E-state index contributed by atoms with van der Waals surface area (Å²) in [6.45, 7) is 5.63. The van der Waals surface area contributed by atoms with Crippen molar-refractivity contribution >= 4 is 11.8 Å². The lowest BCUT2D eigenvalue weighted by Crippen LogP contribution is -2.37. The SMILES string of the molecule is O=C(N[C@@H](CCN1CC2CN(C(=O)c3cnccn3)CC2C1)c1ccccc1)C1CCOC1. The average molecular weight is 450 g/mol. The third-order valence-electron chi connectivity index (χ3n) is 7.18. The van der Waals surface area contributed by atoms with Crippen molar-refractivity contribution in [3.8, 4) is 0 Å². The Bertz CT molecular complexity index is 937. The first kappa shape index (κ1) is 22.0. The number of nitrogens with zero attached hydrogens (tertiary/aromatic N) is 4. The smallest absolute Gasteiger partial charge is 0.274 e. The number of rotatable bonds is 7. The van der Waals surface area contributed by atoms with Gasteiger partial charge in [-0.15, -0.1) is 0 Å². The Morgan fingerprint density at radius 3 is 2.55 bits per heavy atom. The molecule has 8 nitrogen and oxygen atoms in total. The molecule has 0 spiro atoms. The summed E-state index contributed by atoms with van der Waals surface area (Å²) >= 11 is 0. The highest BCUT2D eigenvalue weighted by atomic mass is 16.5. The Morgan fingerprint density at radius 1 is 1.09 bits per heavy atom. The molecule has 3 saturated heterocycles. The summed E-state index contributed by atoms with van der Waals surface area (Å²) in [6.07, 6.45) is 6.35. The molecule has 0 aliphatic carbocycles. The van der Waals surface area contributed by atoms with E-state index in [1.807, 2.05) is 23.1 Å². The van der Waals surface area contributed by atoms with Crippen LogP contribution in [0.4, 0.5) is 0 Å². The maximum absolute atomic E-state index is 12.7. The van der Waals surface area contributed by atoms with E-state index in [4.69, 9.17) is 4.74 Å². The van der Waals surface area contributed by atoms with E-state index in [0.29, 0.717) is 30.7 Å². The van der Waals surface area contributed by atoms with Crippen molar-refractivity contribution < 1.29 is 14.3 Å². The largest absolute Gasteiger partial charge is 0.381 e. The van der Waals surface area contributed by atoms with Crippen LogP contribution in [0.5, 0.6) is 0 Å². The van der Waals surface area contributed by atoms with E-state index < -0.39 is 0 Å². The number of aromatic nitrogens is 2. The third kappa shape index (κ3) is 5.07. The number of fused-ring (bicyclic) bond motifs is 1. The normalized spacial score (nSPS) is 25.7. The van der Waals surface area contributed by atoms with Gasteiger partial charge in [0.15, 0.2) is 0 Å². The minimum atomic E-state index is -0.0415. The number of hydrogen-bond donors (Lipinski definition) is 1. The first-order chi connectivity index (χ1) is 16.2. The zero-order chi connectivity index (χ0) is 22.6. The molecule has 1 aromatic heterocycles. The number of likely N-dealkylation sites (tertiary alicyclic amines) is 2. The highest BCUT2D eigenvalue weighted by Crippen LogP contribution is 2.32. The maximum Gasteiger partial charge on any atom is 0.274 e. The Hall–Kier alpha value is -2.84. The molecule has 3 aliphatic heterocycles. The van der Waals surface area contributed by atoms with Crippen LogP contribution in [0.2, 0.25) is 0 Å². The summed E-state index contributed by atoms with van der Waals surface area (Å²) in [5, 5.41) is 3.28. The number of amides is 2. The summed E-state index contributed by atoms with van der Waals surface area (Å²) in [5.74, 6) is 1.02. The van der Waals surface area contributed by atoms with Gasteiger partial charge in [-0.1, -0.05) is 30.3 Å². The summed E-state index contributed by atoms with van der Waals surface area (Å²) in [5.41, 5.74) is 1.56. The second kappa shape index (κ2) is 9.97. The van der Waals surface area contributed by atoms with Gasteiger partial charge < -0.3 is 19.9 Å². The van der Waals surface area contributed by atoms with E-state index in [1.54, 1.807) is 18.6 Å². The minimum Gasteiger partial charge on any atom is -0.381 e. The zero-order valence-electron chi connectivity index (χ0n) is 18.8. The Kier molecular flexibility index (Phi) is 6.64. The van der Waals surface area contributed by atoms with Crippen molar-refractivity contribution in [2.24, 2.45) is 17.8 Å². The van der Waals surface area contributed by atoms with Crippen LogP contribution in [0.3, 0.4) is 0 Å². The van der Waals surface area contributed by atoms with Gasteiger partial charge in [0.05, 0.1) is 24.8 Å². The molecule has 174 valence electrons. The molecule has 1 aromatic carbocycles. The standard InChI is InChI=1S/C25H31N5O3/c31-24(19-7-11-33-17-19)28-22(18-4-2-1-3-5-18)6-10-29-13-20-15-30(16-21(20)14-29)25(32)23-12-26-8-9-27-23/h1-5,8-9,12,19-22H,6-7,10-11,13-17H2,(H,28,31)/t19?,20?,21?,22-/m0/s1. The van der Waals surface area contributed by atoms with Gasteiger partial charge in [-0.2, -0.15) is 0 Å². The average Bonchev–Trinajstić information content (AvgIpc) is 3.59. The van der Waals surface area contributed by atoms with E-state index >= 15 is 0 Å². The molecular weight excluding hydrogens is 418 g/mol. The Morgan fingerprint density at radius 2 is 1.88 bits per heavy atom. The van der Waals surface area contributed by atoms with Gasteiger partial charge in [-0.05, 0) is 30.2 Å². The highest BCUT2D eigenvalue weighted by Gasteiger charge is 2.42. The molecular formula is C25H31N5O3. The van der Waals surface area contributed by atoms with Crippen molar-refractivity contribution in [2.75, 3.05) is 45.9 Å². The van der Waals surface area contributed by atoms with Crippen LogP contribution in [-0.4, -0.2) is 77.5 Å². The number of hydrogen-bond acceptors (Lipinski definition) is 6. The van der Waals surface area contributed by atoms with Gasteiger partial charge in [0.25, 0.3) is 5.91 Å². The predicted molar refractivity (Wildman–Crippen MR) is 122 cm³/mol. The van der Waals surface area contributed by atoms with Gasteiger partial charge in [0.1, 0.15) is 5.69 Å². The van der Waals surface area contributed by atoms with Crippen LogP contribution >= 0.6 is 0 Å². The van der Waals surface area contributed by atoms with Crippen LogP contribution < -0.4 is 5.32 Å². The van der Waals surface area contributed by atoms with Gasteiger partial charge in [-0.25, -0.2) is 4.98 Å². The maximum atomic E-state index is 12.7. The van der Waals surface area contributed by atoms with E-state index in [-0.39, 0.29) is 23.8 Å². The quantitative estimate of drug-likeness (QED) is 0.693. The van der Waals surface area contributed by atoms with Crippen LogP contribution in [0, 0.1) is 17.8 Å². The molecule has 0 saturated carbocycles. The predicted octanol–water partition coefficient (Wildman–Crippen LogP) is 1.76. The Labute approximate surface area is 194 Å². The molecule has 3 unspecified atom stereocenters. The molecule has 4 heterocycles. The second-order valence-corrected chi connectivity index (χ2v) is 9.40. The van der Waals surface area contributed by atoms with Crippen molar-refractivity contribution in [1.29, 1.82) is 0 Å². The molecule has 3 fully saturated rings. The molecule has 0 radical (unpaired) electrons. The fourth-order valence-corrected chi connectivity index (χ4v) is 5.36. The van der Waals surface area contributed by atoms with Crippen molar-refractivity contribution in [3.05, 3.63) is 60.2 Å². The minimum absolute atomic E-state index is 0.00512. The first-order valence-corrected chi connectivity index (χ1v) is 11.9. The van der Waals surface area contributed by atoms with E-state index in [2.05, 4.69) is 32.3 Å². The van der Waals surface area contributed by atoms with E-state index in [1.165, 1.54) is 0 Å². The monoisotopic (exact) mass is 449 g/mol. The fourth-order valence-electron chi connectivity index (χ4n) is 5.36. The summed E-state index contributed by atoms with van der Waals surface area (Å²) in [7, 11) is 0. The molecule has 2 aromatic rings. The number of nitrogens with one attached hydrogen (secondary N) is 1. The number of carbonyl (C=O) groups is 2. The van der Waals surface area contributed by atoms with Crippen LogP contribution in [0.1, 0.15) is 34.9 Å². The first-order valence-electron chi connectivity index (χ1n) is 11.9. The molecule has 5 rings (SSSR count). The fraction of sp³-hybridized carbons (Fsp3) is 0.520.